The number of carbonyl (C=O) groups is 1. The third-order valence-electron chi connectivity index (χ3n) is 2.59. The molecule has 0 unspecified atom stereocenters. The van der Waals surface area contributed by atoms with Crippen LogP contribution in [0, 0.1) is 5.82 Å². The molecule has 0 amide bonds. The minimum Gasteiger partial charge on any atom is -0.466 e. The summed E-state index contributed by atoms with van der Waals surface area (Å²) < 4.78 is 17.9. The fraction of sp³-hybridized carbons (Fsp3) is 0.357. The van der Waals surface area contributed by atoms with Gasteiger partial charge in [-0.15, -0.1) is 0 Å². The van der Waals surface area contributed by atoms with Crippen LogP contribution in [0.2, 0.25) is 0 Å². The van der Waals surface area contributed by atoms with Gasteiger partial charge in [0.05, 0.1) is 7.11 Å². The van der Waals surface area contributed by atoms with Gasteiger partial charge in [0.15, 0.2) is 0 Å². The van der Waals surface area contributed by atoms with Crippen LogP contribution in [0.4, 0.5) is 4.39 Å². The van der Waals surface area contributed by atoms with E-state index in [1.165, 1.54) is 13.2 Å². The van der Waals surface area contributed by atoms with Crippen LogP contribution in [0.5, 0.6) is 0 Å². The molecule has 0 aromatic heterocycles. The summed E-state index contributed by atoms with van der Waals surface area (Å²) in [6.07, 6.45) is 2.39. The van der Waals surface area contributed by atoms with Gasteiger partial charge in [-0.2, -0.15) is 0 Å². The maximum Gasteiger partial charge on any atom is 0.333 e. The highest BCUT2D eigenvalue weighted by atomic mass is 19.1. The average Bonchev–Trinajstić information content (AvgIpc) is 2.40. The minimum absolute atomic E-state index is 0.224. The number of rotatable bonds is 6. The Morgan fingerprint density at radius 2 is 2.17 bits per heavy atom. The lowest BCUT2D eigenvalue weighted by Gasteiger charge is -2.05. The second-order valence-electron chi connectivity index (χ2n) is 3.80. The van der Waals surface area contributed by atoms with Crippen molar-refractivity contribution >= 4 is 5.97 Å². The van der Waals surface area contributed by atoms with Gasteiger partial charge in [0.25, 0.3) is 0 Å². The maximum atomic E-state index is 13.3. The zero-order valence-corrected chi connectivity index (χ0v) is 10.7. The molecular formula is C14H18FNO2. The molecule has 1 aromatic rings. The van der Waals surface area contributed by atoms with Gasteiger partial charge >= 0.3 is 5.97 Å². The molecule has 1 rings (SSSR count). The molecule has 0 fully saturated rings. The van der Waals surface area contributed by atoms with E-state index in [0.717, 1.165) is 0 Å². The van der Waals surface area contributed by atoms with Crippen molar-refractivity contribution in [3.05, 3.63) is 47.3 Å². The van der Waals surface area contributed by atoms with Crippen LogP contribution in [0.1, 0.15) is 18.9 Å². The Kier molecular flexibility index (Phi) is 6.08. The van der Waals surface area contributed by atoms with Gasteiger partial charge < -0.3 is 10.1 Å². The monoisotopic (exact) mass is 251 g/mol. The number of nitrogens with one attached hydrogen (secondary N) is 1. The quantitative estimate of drug-likeness (QED) is 0.479. The highest BCUT2D eigenvalue weighted by Gasteiger charge is 2.05. The van der Waals surface area contributed by atoms with Crippen LogP contribution < -0.4 is 5.32 Å². The number of halogens is 1. The van der Waals surface area contributed by atoms with E-state index >= 15 is 0 Å². The number of hydrogen-bond donors (Lipinski definition) is 1. The second kappa shape index (κ2) is 7.61. The Hall–Kier alpha value is -1.68. The molecule has 0 aliphatic heterocycles. The lowest BCUT2D eigenvalue weighted by molar-refractivity contribution is -0.136. The first-order valence-electron chi connectivity index (χ1n) is 5.90. The molecule has 4 heteroatoms. The molecular weight excluding hydrogens is 233 g/mol. The number of carbonyl (C=O) groups excluding carboxylic acids is 1. The van der Waals surface area contributed by atoms with Gasteiger partial charge in [-0.25, -0.2) is 9.18 Å². The van der Waals surface area contributed by atoms with E-state index in [-0.39, 0.29) is 11.8 Å². The fourth-order valence-electron chi connectivity index (χ4n) is 1.55. The highest BCUT2D eigenvalue weighted by molar-refractivity contribution is 5.88. The number of methoxy groups -OCH3 is 1. The van der Waals surface area contributed by atoms with Gasteiger partial charge in [-0.05, 0) is 12.5 Å². The van der Waals surface area contributed by atoms with Crippen LogP contribution in [0.15, 0.2) is 35.9 Å². The van der Waals surface area contributed by atoms with E-state index in [1.807, 2.05) is 6.92 Å². The van der Waals surface area contributed by atoms with Crippen molar-refractivity contribution in [2.75, 3.05) is 13.7 Å². The molecule has 0 radical (unpaired) electrons. The lowest BCUT2D eigenvalue weighted by atomic mass is 10.2. The van der Waals surface area contributed by atoms with E-state index < -0.39 is 0 Å². The van der Waals surface area contributed by atoms with Crippen molar-refractivity contribution in [3.8, 4) is 0 Å². The number of hydrogen-bond acceptors (Lipinski definition) is 3. The Bertz CT molecular complexity index is 430. The molecule has 0 spiro atoms. The summed E-state index contributed by atoms with van der Waals surface area (Å²) in [5, 5.41) is 3.06. The van der Waals surface area contributed by atoms with E-state index in [9.17, 15) is 9.18 Å². The third kappa shape index (κ3) is 4.30. The summed E-state index contributed by atoms with van der Waals surface area (Å²) >= 11 is 0. The van der Waals surface area contributed by atoms with E-state index in [1.54, 1.807) is 24.3 Å². The molecule has 0 aliphatic carbocycles. The zero-order chi connectivity index (χ0) is 13.4. The topological polar surface area (TPSA) is 38.3 Å². The second-order valence-corrected chi connectivity index (χ2v) is 3.80. The van der Waals surface area contributed by atoms with Gasteiger partial charge in [-0.1, -0.05) is 31.2 Å². The molecule has 0 saturated carbocycles. The fourth-order valence-corrected chi connectivity index (χ4v) is 1.55. The van der Waals surface area contributed by atoms with Crippen LogP contribution in [0.25, 0.3) is 0 Å². The molecule has 0 heterocycles. The lowest BCUT2D eigenvalue weighted by Crippen LogP contribution is -2.15. The summed E-state index contributed by atoms with van der Waals surface area (Å²) in [5.41, 5.74) is 1.24. The average molecular weight is 251 g/mol. The molecule has 1 N–H and O–H groups in total. The Balaban J connectivity index is 2.45. The van der Waals surface area contributed by atoms with Gasteiger partial charge in [0.1, 0.15) is 5.82 Å². The molecule has 98 valence electrons. The van der Waals surface area contributed by atoms with Crippen molar-refractivity contribution in [2.24, 2.45) is 0 Å². The molecule has 18 heavy (non-hydrogen) atoms. The Morgan fingerprint density at radius 1 is 1.44 bits per heavy atom. The van der Waals surface area contributed by atoms with E-state index in [4.69, 9.17) is 0 Å². The SMILES string of the molecule is CC/C(=C/CNCc1ccccc1F)C(=O)OC. The minimum atomic E-state index is -0.315. The Morgan fingerprint density at radius 3 is 2.78 bits per heavy atom. The van der Waals surface area contributed by atoms with Gasteiger partial charge in [0.2, 0.25) is 0 Å². The summed E-state index contributed by atoms with van der Waals surface area (Å²) in [7, 11) is 1.36. The first-order chi connectivity index (χ1) is 8.69. The van der Waals surface area contributed by atoms with Gasteiger partial charge in [-0.3, -0.25) is 0 Å². The van der Waals surface area contributed by atoms with Crippen molar-refractivity contribution in [1.29, 1.82) is 0 Å². The van der Waals surface area contributed by atoms with Gasteiger partial charge in [0, 0.05) is 24.2 Å². The smallest absolute Gasteiger partial charge is 0.333 e. The van der Waals surface area contributed by atoms with E-state index in [0.29, 0.717) is 30.6 Å². The summed E-state index contributed by atoms with van der Waals surface area (Å²) in [6.45, 7) is 2.83. The highest BCUT2D eigenvalue weighted by Crippen LogP contribution is 2.06. The zero-order valence-electron chi connectivity index (χ0n) is 10.7. The van der Waals surface area contributed by atoms with Crippen LogP contribution in [-0.4, -0.2) is 19.6 Å². The third-order valence-corrected chi connectivity index (χ3v) is 2.59. The summed E-state index contributed by atoms with van der Waals surface area (Å²) in [6, 6.07) is 6.61. The molecule has 0 aliphatic rings. The Labute approximate surface area is 107 Å². The normalized spacial score (nSPS) is 11.4. The number of esters is 1. The van der Waals surface area contributed by atoms with Crippen LogP contribution in [-0.2, 0) is 16.1 Å². The summed E-state index contributed by atoms with van der Waals surface area (Å²) in [4.78, 5) is 11.3. The number of benzene rings is 1. The largest absolute Gasteiger partial charge is 0.466 e. The first kappa shape index (κ1) is 14.4. The van der Waals surface area contributed by atoms with Crippen molar-refractivity contribution < 1.29 is 13.9 Å². The predicted octanol–water partition coefficient (Wildman–Crippen LogP) is 2.42. The molecule has 0 bridgehead atoms. The predicted molar refractivity (Wildman–Crippen MR) is 68.5 cm³/mol. The van der Waals surface area contributed by atoms with Crippen molar-refractivity contribution in [1.82, 2.24) is 5.32 Å². The number of ether oxygens (including phenoxy) is 1. The van der Waals surface area contributed by atoms with Crippen molar-refractivity contribution in [2.45, 2.75) is 19.9 Å². The standard InChI is InChI=1S/C14H18FNO2/c1-3-11(14(17)18-2)8-9-16-10-12-6-4-5-7-13(12)15/h4-8,16H,3,9-10H2,1-2H3/b11-8-. The molecule has 3 nitrogen and oxygen atoms in total. The van der Waals surface area contributed by atoms with Crippen LogP contribution >= 0.6 is 0 Å². The maximum absolute atomic E-state index is 13.3. The first-order valence-corrected chi connectivity index (χ1v) is 5.90. The molecule has 0 saturated heterocycles. The molecule has 1 aromatic carbocycles. The summed E-state index contributed by atoms with van der Waals surface area (Å²) in [5.74, 6) is -0.539. The van der Waals surface area contributed by atoms with E-state index in [2.05, 4.69) is 10.1 Å². The van der Waals surface area contributed by atoms with Crippen molar-refractivity contribution in [3.63, 3.8) is 0 Å². The molecule has 0 atom stereocenters. The van der Waals surface area contributed by atoms with Crippen LogP contribution in [0.3, 0.4) is 0 Å².